The van der Waals surface area contributed by atoms with Crippen molar-refractivity contribution in [2.45, 2.75) is 46.1 Å². The van der Waals surface area contributed by atoms with Gasteiger partial charge < -0.3 is 11.1 Å². The van der Waals surface area contributed by atoms with Gasteiger partial charge in [0.15, 0.2) is 0 Å². The number of hydrogen-bond donors (Lipinski definition) is 2. The lowest BCUT2D eigenvalue weighted by atomic mass is 10.0. The second-order valence-corrected chi connectivity index (χ2v) is 5.97. The number of hydrogen-bond acceptors (Lipinski definition) is 3. The number of rotatable bonds is 6. The van der Waals surface area contributed by atoms with Crippen molar-refractivity contribution in [3.63, 3.8) is 0 Å². The number of nitrogens with two attached hydrogens (primary N) is 1. The Labute approximate surface area is 121 Å². The molecule has 0 aliphatic heterocycles. The minimum Gasteiger partial charge on any atom is -0.397 e. The van der Waals surface area contributed by atoms with Crippen molar-refractivity contribution in [3.05, 3.63) is 30.5 Å². The Hall–Kier alpha value is -1.77. The van der Waals surface area contributed by atoms with Crippen LogP contribution in [0.3, 0.4) is 0 Å². The summed E-state index contributed by atoms with van der Waals surface area (Å²) in [6, 6.07) is 8.47. The molecule has 0 saturated heterocycles. The van der Waals surface area contributed by atoms with Crippen molar-refractivity contribution in [1.29, 1.82) is 0 Å². The molecular formula is C17H25N3. The number of nitrogens with zero attached hydrogens (tertiary/aromatic N) is 1. The summed E-state index contributed by atoms with van der Waals surface area (Å²) in [5, 5.41) is 4.69. The molecule has 0 saturated carbocycles. The number of nitrogens with one attached hydrogen (secondary N) is 1. The van der Waals surface area contributed by atoms with Crippen LogP contribution in [0.2, 0.25) is 0 Å². The van der Waals surface area contributed by atoms with Crippen LogP contribution in [-0.4, -0.2) is 11.0 Å². The van der Waals surface area contributed by atoms with Crippen molar-refractivity contribution in [2.24, 2.45) is 5.92 Å². The van der Waals surface area contributed by atoms with E-state index in [0.29, 0.717) is 6.04 Å². The van der Waals surface area contributed by atoms with Crippen LogP contribution in [0.15, 0.2) is 30.5 Å². The Morgan fingerprint density at radius 3 is 2.70 bits per heavy atom. The van der Waals surface area contributed by atoms with Crippen molar-refractivity contribution < 1.29 is 0 Å². The summed E-state index contributed by atoms with van der Waals surface area (Å²) in [5.74, 6) is 0.781. The quantitative estimate of drug-likeness (QED) is 0.763. The summed E-state index contributed by atoms with van der Waals surface area (Å²) in [4.78, 5) is 4.37. The standard InChI is InChI=1S/C17H25N3/c1-12(2)6-4-7-13(3)20-16-10-9-15(18)17-14(16)8-5-11-19-17/h5,8-13,20H,4,6-7,18H2,1-3H3. The molecule has 0 fully saturated rings. The van der Waals surface area contributed by atoms with Crippen LogP contribution >= 0.6 is 0 Å². The number of pyridine rings is 1. The maximum Gasteiger partial charge on any atom is 0.0951 e. The van der Waals surface area contributed by atoms with Gasteiger partial charge in [-0.05, 0) is 43.5 Å². The van der Waals surface area contributed by atoms with E-state index in [9.17, 15) is 0 Å². The van der Waals surface area contributed by atoms with Gasteiger partial charge in [0.1, 0.15) is 0 Å². The predicted octanol–water partition coefficient (Wildman–Crippen LogP) is 4.44. The average Bonchev–Trinajstić information content (AvgIpc) is 2.42. The summed E-state index contributed by atoms with van der Waals surface area (Å²) in [6.07, 6.45) is 5.52. The molecule has 108 valence electrons. The lowest BCUT2D eigenvalue weighted by Gasteiger charge is -2.17. The van der Waals surface area contributed by atoms with Gasteiger partial charge in [-0.3, -0.25) is 4.98 Å². The Bertz CT molecular complexity index is 563. The smallest absolute Gasteiger partial charge is 0.0951 e. The Balaban J connectivity index is 2.08. The van der Waals surface area contributed by atoms with Gasteiger partial charge in [-0.1, -0.05) is 26.7 Å². The van der Waals surface area contributed by atoms with Gasteiger partial charge in [0.25, 0.3) is 0 Å². The van der Waals surface area contributed by atoms with E-state index >= 15 is 0 Å². The summed E-state index contributed by atoms with van der Waals surface area (Å²) >= 11 is 0. The first-order valence-corrected chi connectivity index (χ1v) is 7.47. The number of nitrogen functional groups attached to an aromatic ring is 1. The molecule has 2 rings (SSSR count). The third-order valence-electron chi connectivity index (χ3n) is 3.62. The van der Waals surface area contributed by atoms with Gasteiger partial charge in [-0.25, -0.2) is 0 Å². The summed E-state index contributed by atoms with van der Waals surface area (Å²) in [7, 11) is 0. The maximum atomic E-state index is 5.98. The zero-order chi connectivity index (χ0) is 14.5. The molecule has 0 spiro atoms. The highest BCUT2D eigenvalue weighted by Crippen LogP contribution is 2.27. The van der Waals surface area contributed by atoms with Gasteiger partial charge in [0.2, 0.25) is 0 Å². The second kappa shape index (κ2) is 6.60. The highest BCUT2D eigenvalue weighted by molar-refractivity contribution is 5.98. The molecule has 0 aliphatic carbocycles. The fraction of sp³-hybridized carbons (Fsp3) is 0.471. The van der Waals surface area contributed by atoms with Gasteiger partial charge in [-0.2, -0.15) is 0 Å². The zero-order valence-electron chi connectivity index (χ0n) is 12.7. The molecule has 1 aromatic heterocycles. The van der Waals surface area contributed by atoms with E-state index in [1.54, 1.807) is 6.20 Å². The Morgan fingerprint density at radius 2 is 1.95 bits per heavy atom. The minimum absolute atomic E-state index is 0.459. The first-order chi connectivity index (χ1) is 9.58. The van der Waals surface area contributed by atoms with E-state index in [1.165, 1.54) is 19.3 Å². The number of aromatic nitrogens is 1. The molecule has 0 aliphatic rings. The van der Waals surface area contributed by atoms with E-state index in [-0.39, 0.29) is 0 Å². The molecule has 1 unspecified atom stereocenters. The Kier molecular flexibility index (Phi) is 4.83. The molecule has 3 nitrogen and oxygen atoms in total. The fourth-order valence-electron chi connectivity index (χ4n) is 2.49. The average molecular weight is 271 g/mol. The Morgan fingerprint density at radius 1 is 1.15 bits per heavy atom. The van der Waals surface area contributed by atoms with Gasteiger partial charge in [0.05, 0.1) is 11.2 Å². The zero-order valence-corrected chi connectivity index (χ0v) is 12.7. The molecule has 3 N–H and O–H groups in total. The van der Waals surface area contributed by atoms with Crippen LogP contribution < -0.4 is 11.1 Å². The highest BCUT2D eigenvalue weighted by atomic mass is 14.9. The highest BCUT2D eigenvalue weighted by Gasteiger charge is 2.08. The molecule has 2 aromatic rings. The van der Waals surface area contributed by atoms with Crippen LogP contribution in [0.25, 0.3) is 10.9 Å². The van der Waals surface area contributed by atoms with Crippen LogP contribution in [0, 0.1) is 5.92 Å². The molecular weight excluding hydrogens is 246 g/mol. The topological polar surface area (TPSA) is 50.9 Å². The fourth-order valence-corrected chi connectivity index (χ4v) is 2.49. The maximum absolute atomic E-state index is 5.98. The van der Waals surface area contributed by atoms with Crippen LogP contribution in [-0.2, 0) is 0 Å². The molecule has 1 heterocycles. The van der Waals surface area contributed by atoms with Crippen molar-refractivity contribution >= 4 is 22.3 Å². The molecule has 0 amide bonds. The van der Waals surface area contributed by atoms with E-state index in [0.717, 1.165) is 28.2 Å². The molecule has 1 atom stereocenters. The second-order valence-electron chi connectivity index (χ2n) is 5.97. The van der Waals surface area contributed by atoms with Gasteiger partial charge in [-0.15, -0.1) is 0 Å². The van der Waals surface area contributed by atoms with Crippen molar-refractivity contribution in [2.75, 3.05) is 11.1 Å². The van der Waals surface area contributed by atoms with E-state index in [2.05, 4.69) is 43.2 Å². The largest absolute Gasteiger partial charge is 0.397 e. The first kappa shape index (κ1) is 14.6. The van der Waals surface area contributed by atoms with E-state index < -0.39 is 0 Å². The number of benzene rings is 1. The third-order valence-corrected chi connectivity index (χ3v) is 3.62. The third kappa shape index (κ3) is 3.62. The predicted molar refractivity (Wildman–Crippen MR) is 87.9 cm³/mol. The van der Waals surface area contributed by atoms with E-state index in [1.807, 2.05) is 12.1 Å². The number of fused-ring (bicyclic) bond motifs is 1. The van der Waals surface area contributed by atoms with Crippen molar-refractivity contribution in [3.8, 4) is 0 Å². The van der Waals surface area contributed by atoms with Gasteiger partial charge in [0, 0.05) is 23.3 Å². The van der Waals surface area contributed by atoms with Crippen LogP contribution in [0.1, 0.15) is 40.0 Å². The first-order valence-electron chi connectivity index (χ1n) is 7.47. The molecule has 3 heteroatoms. The molecule has 0 radical (unpaired) electrons. The SMILES string of the molecule is CC(C)CCCC(C)Nc1ccc(N)c2ncccc12. The van der Waals surface area contributed by atoms with Crippen molar-refractivity contribution in [1.82, 2.24) is 4.98 Å². The van der Waals surface area contributed by atoms with Crippen LogP contribution in [0.5, 0.6) is 0 Å². The molecule has 20 heavy (non-hydrogen) atoms. The molecule has 1 aromatic carbocycles. The number of anilines is 2. The summed E-state index contributed by atoms with van der Waals surface area (Å²) in [5.41, 5.74) is 8.72. The minimum atomic E-state index is 0.459. The normalized spacial score (nSPS) is 12.8. The van der Waals surface area contributed by atoms with E-state index in [4.69, 9.17) is 5.73 Å². The lowest BCUT2D eigenvalue weighted by molar-refractivity contribution is 0.520. The lowest BCUT2D eigenvalue weighted by Crippen LogP contribution is -2.15. The summed E-state index contributed by atoms with van der Waals surface area (Å²) in [6.45, 7) is 6.79. The van der Waals surface area contributed by atoms with Crippen LogP contribution in [0.4, 0.5) is 11.4 Å². The molecule has 0 bridgehead atoms. The summed E-state index contributed by atoms with van der Waals surface area (Å²) < 4.78 is 0. The van der Waals surface area contributed by atoms with Gasteiger partial charge >= 0.3 is 0 Å². The monoisotopic (exact) mass is 271 g/mol.